The van der Waals surface area contributed by atoms with Gasteiger partial charge in [0.15, 0.2) is 0 Å². The highest BCUT2D eigenvalue weighted by atomic mass is 16.5. The summed E-state index contributed by atoms with van der Waals surface area (Å²) in [6.45, 7) is 3.35. The number of hydrogen-bond acceptors (Lipinski definition) is 2. The molecule has 0 aliphatic carbocycles. The molecule has 0 fully saturated rings. The first kappa shape index (κ1) is 17.4. The highest BCUT2D eigenvalue weighted by Gasteiger charge is 2.09. The van der Waals surface area contributed by atoms with E-state index >= 15 is 0 Å². The third-order valence-electron chi connectivity index (χ3n) is 4.41. The zero-order valence-corrected chi connectivity index (χ0v) is 15.1. The summed E-state index contributed by atoms with van der Waals surface area (Å²) in [5.74, 6) is 0. The maximum atomic E-state index is 5.46. The van der Waals surface area contributed by atoms with Crippen molar-refractivity contribution in [2.45, 2.75) is 20.1 Å². The molecule has 3 rings (SSSR count). The van der Waals surface area contributed by atoms with Crippen LogP contribution >= 0.6 is 0 Å². The Morgan fingerprint density at radius 1 is 0.680 bits per heavy atom. The molecular weight excluding hydrogens is 308 g/mol. The van der Waals surface area contributed by atoms with Gasteiger partial charge < -0.3 is 9.47 Å². The molecule has 0 aromatic heterocycles. The molecule has 0 saturated heterocycles. The molecule has 0 bridgehead atoms. The van der Waals surface area contributed by atoms with E-state index in [1.165, 1.54) is 38.9 Å². The molecule has 0 spiro atoms. The zero-order chi connectivity index (χ0) is 17.6. The van der Waals surface area contributed by atoms with Crippen LogP contribution in [0.2, 0.25) is 0 Å². The lowest BCUT2D eigenvalue weighted by molar-refractivity contribution is 0.184. The molecule has 0 heterocycles. The van der Waals surface area contributed by atoms with Crippen molar-refractivity contribution in [1.29, 1.82) is 0 Å². The van der Waals surface area contributed by atoms with Crippen LogP contribution in [0.15, 0.2) is 66.7 Å². The van der Waals surface area contributed by atoms with Crippen LogP contribution in [0.3, 0.4) is 0 Å². The molecule has 0 aliphatic heterocycles. The van der Waals surface area contributed by atoms with Crippen molar-refractivity contribution >= 4 is 0 Å². The first-order valence-corrected chi connectivity index (χ1v) is 8.49. The smallest absolute Gasteiger partial charge is 0.0719 e. The molecule has 0 atom stereocenters. The van der Waals surface area contributed by atoms with Crippen LogP contribution in [-0.4, -0.2) is 14.2 Å². The highest BCUT2D eigenvalue weighted by molar-refractivity contribution is 5.75. The van der Waals surface area contributed by atoms with E-state index in [4.69, 9.17) is 9.47 Å². The van der Waals surface area contributed by atoms with Crippen LogP contribution in [0.25, 0.3) is 22.3 Å². The Bertz CT molecular complexity index is 852. The van der Waals surface area contributed by atoms with Crippen LogP contribution in [-0.2, 0) is 22.7 Å². The second-order valence-corrected chi connectivity index (χ2v) is 6.25. The molecule has 0 unspecified atom stereocenters. The Morgan fingerprint density at radius 3 is 2.20 bits per heavy atom. The molecule has 25 heavy (non-hydrogen) atoms. The van der Waals surface area contributed by atoms with Crippen molar-refractivity contribution in [1.82, 2.24) is 0 Å². The molecule has 0 saturated carbocycles. The average molecular weight is 332 g/mol. The summed E-state index contributed by atoms with van der Waals surface area (Å²) in [6.07, 6.45) is 0. The van der Waals surface area contributed by atoms with Crippen molar-refractivity contribution < 1.29 is 9.47 Å². The lowest BCUT2D eigenvalue weighted by Crippen LogP contribution is -1.95. The van der Waals surface area contributed by atoms with Gasteiger partial charge in [0.2, 0.25) is 0 Å². The van der Waals surface area contributed by atoms with E-state index in [1.807, 2.05) is 0 Å². The topological polar surface area (TPSA) is 18.5 Å². The molecule has 0 aliphatic rings. The minimum atomic E-state index is 0.587. The number of aryl methyl sites for hydroxylation is 1. The van der Waals surface area contributed by atoms with Crippen LogP contribution in [0.4, 0.5) is 0 Å². The van der Waals surface area contributed by atoms with E-state index in [1.54, 1.807) is 14.2 Å². The standard InChI is InChI=1S/C23H24O2/c1-17-7-4-5-10-22(17)20-11-12-23(21(14-20)16-25-3)19-9-6-8-18(13-19)15-24-2/h4-14H,15-16H2,1-3H3. The first-order valence-electron chi connectivity index (χ1n) is 8.49. The average Bonchev–Trinajstić information content (AvgIpc) is 2.63. The molecule has 3 aromatic carbocycles. The molecule has 2 nitrogen and oxygen atoms in total. The van der Waals surface area contributed by atoms with Crippen LogP contribution in [0.1, 0.15) is 16.7 Å². The quantitative estimate of drug-likeness (QED) is 0.583. The molecule has 2 heteroatoms. The Hall–Kier alpha value is -2.42. The lowest BCUT2D eigenvalue weighted by Gasteiger charge is -2.14. The minimum Gasteiger partial charge on any atom is -0.380 e. The van der Waals surface area contributed by atoms with E-state index in [-0.39, 0.29) is 0 Å². The van der Waals surface area contributed by atoms with Crippen molar-refractivity contribution in [2.24, 2.45) is 0 Å². The normalized spacial score (nSPS) is 10.8. The Kier molecular flexibility index (Phi) is 5.64. The largest absolute Gasteiger partial charge is 0.380 e. The fourth-order valence-electron chi connectivity index (χ4n) is 3.21. The zero-order valence-electron chi connectivity index (χ0n) is 15.1. The van der Waals surface area contributed by atoms with Gasteiger partial charge in [0.1, 0.15) is 0 Å². The van der Waals surface area contributed by atoms with Crippen molar-refractivity contribution in [3.05, 3.63) is 83.4 Å². The fourth-order valence-corrected chi connectivity index (χ4v) is 3.21. The third-order valence-corrected chi connectivity index (χ3v) is 4.41. The van der Waals surface area contributed by atoms with E-state index in [0.29, 0.717) is 13.2 Å². The number of benzene rings is 3. The van der Waals surface area contributed by atoms with Gasteiger partial charge in [-0.25, -0.2) is 0 Å². The second kappa shape index (κ2) is 8.11. The number of methoxy groups -OCH3 is 2. The third kappa shape index (κ3) is 3.98. The molecule has 128 valence electrons. The van der Waals surface area contributed by atoms with Crippen molar-refractivity contribution in [3.63, 3.8) is 0 Å². The first-order chi connectivity index (χ1) is 12.2. The maximum Gasteiger partial charge on any atom is 0.0719 e. The fraction of sp³-hybridized carbons (Fsp3) is 0.217. The minimum absolute atomic E-state index is 0.587. The van der Waals surface area contributed by atoms with Gasteiger partial charge >= 0.3 is 0 Å². The summed E-state index contributed by atoms with van der Waals surface area (Å²) < 4.78 is 10.7. The molecule has 3 aromatic rings. The van der Waals surface area contributed by atoms with Gasteiger partial charge in [-0.05, 0) is 58.0 Å². The summed E-state index contributed by atoms with van der Waals surface area (Å²) in [5.41, 5.74) is 8.53. The van der Waals surface area contributed by atoms with Crippen LogP contribution in [0, 0.1) is 6.92 Å². The number of ether oxygens (including phenoxy) is 2. The summed E-state index contributed by atoms with van der Waals surface area (Å²) in [6, 6.07) is 23.6. The highest BCUT2D eigenvalue weighted by Crippen LogP contribution is 2.31. The van der Waals surface area contributed by atoms with Crippen molar-refractivity contribution in [2.75, 3.05) is 14.2 Å². The lowest BCUT2D eigenvalue weighted by atomic mass is 9.93. The summed E-state index contributed by atoms with van der Waals surface area (Å²) >= 11 is 0. The van der Waals surface area contributed by atoms with Gasteiger partial charge in [-0.1, -0.05) is 54.6 Å². The summed E-state index contributed by atoms with van der Waals surface area (Å²) in [5, 5.41) is 0. The van der Waals surface area contributed by atoms with Gasteiger partial charge in [0.25, 0.3) is 0 Å². The predicted octanol–water partition coefficient (Wildman–Crippen LogP) is 5.62. The van der Waals surface area contributed by atoms with Gasteiger partial charge in [-0.3, -0.25) is 0 Å². The number of rotatable bonds is 6. The molecular formula is C23H24O2. The molecule has 0 radical (unpaired) electrons. The van der Waals surface area contributed by atoms with Crippen LogP contribution < -0.4 is 0 Å². The summed E-state index contributed by atoms with van der Waals surface area (Å²) in [4.78, 5) is 0. The van der Waals surface area contributed by atoms with E-state index in [2.05, 4.69) is 73.7 Å². The Labute approximate surface area is 150 Å². The van der Waals surface area contributed by atoms with E-state index in [0.717, 1.165) is 0 Å². The Balaban J connectivity index is 2.06. The van der Waals surface area contributed by atoms with Crippen molar-refractivity contribution in [3.8, 4) is 22.3 Å². The van der Waals surface area contributed by atoms with Crippen LogP contribution in [0.5, 0.6) is 0 Å². The van der Waals surface area contributed by atoms with Gasteiger partial charge in [0, 0.05) is 14.2 Å². The Morgan fingerprint density at radius 2 is 1.44 bits per heavy atom. The monoisotopic (exact) mass is 332 g/mol. The van der Waals surface area contributed by atoms with Gasteiger partial charge in [-0.2, -0.15) is 0 Å². The predicted molar refractivity (Wildman–Crippen MR) is 103 cm³/mol. The second-order valence-electron chi connectivity index (χ2n) is 6.25. The molecule has 0 N–H and O–H groups in total. The van der Waals surface area contributed by atoms with Gasteiger partial charge in [0.05, 0.1) is 13.2 Å². The molecule has 0 amide bonds. The SMILES string of the molecule is COCc1cccc(-c2ccc(-c3ccccc3C)cc2COC)c1. The van der Waals surface area contributed by atoms with Gasteiger partial charge in [-0.15, -0.1) is 0 Å². The summed E-state index contributed by atoms with van der Waals surface area (Å²) in [7, 11) is 3.46. The van der Waals surface area contributed by atoms with E-state index in [9.17, 15) is 0 Å². The van der Waals surface area contributed by atoms with E-state index < -0.39 is 0 Å². The number of hydrogen-bond donors (Lipinski definition) is 0. The maximum absolute atomic E-state index is 5.46.